The second-order valence-corrected chi connectivity index (χ2v) is 3.66. The number of hydrogen-bond donors (Lipinski definition) is 2. The summed E-state index contributed by atoms with van der Waals surface area (Å²) in [5, 5.41) is 2.95. The molecule has 0 amide bonds. The fourth-order valence-electron chi connectivity index (χ4n) is 1.18. The molecule has 0 radical (unpaired) electrons. The molecular weight excluding hydrogens is 235 g/mol. The van der Waals surface area contributed by atoms with Gasteiger partial charge in [0.1, 0.15) is 5.82 Å². The largest absolute Gasteiger partial charge is 0.329 e. The van der Waals surface area contributed by atoms with Crippen molar-refractivity contribution < 1.29 is 4.39 Å². The van der Waals surface area contributed by atoms with Gasteiger partial charge in [0.2, 0.25) is 0 Å². The highest BCUT2D eigenvalue weighted by atomic mass is 79.9. The molecule has 0 aromatic heterocycles. The normalized spacial score (nSPS) is 12.9. The predicted molar refractivity (Wildman–Crippen MR) is 55.0 cm³/mol. The topological polar surface area (TPSA) is 38.0 Å². The summed E-state index contributed by atoms with van der Waals surface area (Å²) in [7, 11) is 1.76. The van der Waals surface area contributed by atoms with Gasteiger partial charge in [-0.25, -0.2) is 4.39 Å². The summed E-state index contributed by atoms with van der Waals surface area (Å²) < 4.78 is 14.1. The Morgan fingerprint density at radius 3 is 2.85 bits per heavy atom. The lowest BCUT2D eigenvalue weighted by molar-refractivity contribution is 0.541. The molecular formula is C9H12BrFN2. The van der Waals surface area contributed by atoms with Gasteiger partial charge < -0.3 is 11.1 Å². The lowest BCUT2D eigenvalue weighted by Crippen LogP contribution is -2.25. The molecule has 2 nitrogen and oxygen atoms in total. The number of rotatable bonds is 3. The van der Waals surface area contributed by atoms with Gasteiger partial charge in [-0.1, -0.05) is 15.9 Å². The van der Waals surface area contributed by atoms with E-state index >= 15 is 0 Å². The van der Waals surface area contributed by atoms with Gasteiger partial charge in [-0.2, -0.15) is 0 Å². The molecule has 0 aliphatic rings. The molecule has 1 atom stereocenters. The van der Waals surface area contributed by atoms with Crippen molar-refractivity contribution >= 4 is 15.9 Å². The van der Waals surface area contributed by atoms with E-state index in [0.29, 0.717) is 12.1 Å². The number of hydrogen-bond acceptors (Lipinski definition) is 2. The lowest BCUT2D eigenvalue weighted by Gasteiger charge is -2.14. The van der Waals surface area contributed by atoms with Crippen LogP contribution < -0.4 is 11.1 Å². The van der Waals surface area contributed by atoms with Gasteiger partial charge >= 0.3 is 0 Å². The SMILES string of the molecule is CN[C@H](CN)c1cc(Br)ccc1F. The van der Waals surface area contributed by atoms with Crippen molar-refractivity contribution in [2.24, 2.45) is 5.73 Å². The fourth-order valence-corrected chi connectivity index (χ4v) is 1.56. The summed E-state index contributed by atoms with van der Waals surface area (Å²) in [5.41, 5.74) is 6.09. The smallest absolute Gasteiger partial charge is 0.128 e. The van der Waals surface area contributed by atoms with Crippen molar-refractivity contribution in [2.75, 3.05) is 13.6 Å². The maximum absolute atomic E-state index is 13.3. The van der Waals surface area contributed by atoms with Gasteiger partial charge in [-0.05, 0) is 25.2 Å². The Morgan fingerprint density at radius 1 is 1.62 bits per heavy atom. The summed E-state index contributed by atoms with van der Waals surface area (Å²) in [5.74, 6) is -0.229. The van der Waals surface area contributed by atoms with Crippen molar-refractivity contribution in [1.82, 2.24) is 5.32 Å². The van der Waals surface area contributed by atoms with Crippen LogP contribution in [0.5, 0.6) is 0 Å². The van der Waals surface area contributed by atoms with Gasteiger partial charge in [-0.15, -0.1) is 0 Å². The highest BCUT2D eigenvalue weighted by Crippen LogP contribution is 2.20. The van der Waals surface area contributed by atoms with Crippen molar-refractivity contribution in [3.05, 3.63) is 34.1 Å². The van der Waals surface area contributed by atoms with Crippen LogP contribution in [0.25, 0.3) is 0 Å². The standard InChI is InChI=1S/C9H12BrFN2/c1-13-9(5-12)7-4-6(10)2-3-8(7)11/h2-4,9,13H,5,12H2,1H3/t9-/m1/s1. The number of likely N-dealkylation sites (N-methyl/N-ethyl adjacent to an activating group) is 1. The van der Waals surface area contributed by atoms with E-state index in [-0.39, 0.29) is 11.9 Å². The first-order valence-electron chi connectivity index (χ1n) is 4.01. The summed E-state index contributed by atoms with van der Waals surface area (Å²) in [6, 6.07) is 4.71. The molecule has 1 aromatic carbocycles. The van der Waals surface area contributed by atoms with E-state index in [1.807, 2.05) is 0 Å². The first kappa shape index (κ1) is 10.6. The van der Waals surface area contributed by atoms with Crippen LogP contribution in [0.15, 0.2) is 22.7 Å². The lowest BCUT2D eigenvalue weighted by atomic mass is 10.1. The summed E-state index contributed by atoms with van der Waals surface area (Å²) >= 11 is 3.29. The Morgan fingerprint density at radius 2 is 2.31 bits per heavy atom. The molecule has 0 saturated heterocycles. The number of halogens is 2. The molecule has 1 rings (SSSR count). The highest BCUT2D eigenvalue weighted by molar-refractivity contribution is 9.10. The molecule has 3 N–H and O–H groups in total. The third-order valence-electron chi connectivity index (χ3n) is 1.92. The van der Waals surface area contributed by atoms with Gasteiger partial charge in [0.15, 0.2) is 0 Å². The van der Waals surface area contributed by atoms with E-state index in [1.54, 1.807) is 19.2 Å². The van der Waals surface area contributed by atoms with Crippen LogP contribution in [-0.4, -0.2) is 13.6 Å². The Labute approximate surface area is 85.4 Å². The van der Waals surface area contributed by atoms with Gasteiger partial charge in [0, 0.05) is 22.6 Å². The molecule has 0 aliphatic heterocycles. The van der Waals surface area contributed by atoms with Gasteiger partial charge in [0.25, 0.3) is 0 Å². The van der Waals surface area contributed by atoms with Crippen molar-refractivity contribution in [3.63, 3.8) is 0 Å². The average Bonchev–Trinajstić information content (AvgIpc) is 2.13. The molecule has 72 valence electrons. The van der Waals surface area contributed by atoms with E-state index in [0.717, 1.165) is 4.47 Å². The first-order valence-corrected chi connectivity index (χ1v) is 4.80. The third-order valence-corrected chi connectivity index (χ3v) is 2.41. The molecule has 0 unspecified atom stereocenters. The zero-order valence-corrected chi connectivity index (χ0v) is 8.94. The Kier molecular flexibility index (Phi) is 3.84. The third kappa shape index (κ3) is 2.49. The van der Waals surface area contributed by atoms with Crippen molar-refractivity contribution in [1.29, 1.82) is 0 Å². The van der Waals surface area contributed by atoms with E-state index < -0.39 is 0 Å². The number of nitrogens with two attached hydrogens (primary N) is 1. The molecule has 0 saturated carbocycles. The number of benzene rings is 1. The van der Waals surface area contributed by atoms with Crippen LogP contribution >= 0.6 is 15.9 Å². The van der Waals surface area contributed by atoms with E-state index in [1.165, 1.54) is 6.07 Å². The molecule has 13 heavy (non-hydrogen) atoms. The molecule has 0 heterocycles. The average molecular weight is 247 g/mol. The fraction of sp³-hybridized carbons (Fsp3) is 0.333. The molecule has 1 aromatic rings. The zero-order chi connectivity index (χ0) is 9.84. The summed E-state index contributed by atoms with van der Waals surface area (Å²) in [4.78, 5) is 0. The molecule has 0 bridgehead atoms. The predicted octanol–water partition coefficient (Wildman–Crippen LogP) is 1.81. The Balaban J connectivity index is 3.03. The quantitative estimate of drug-likeness (QED) is 0.854. The minimum absolute atomic E-state index is 0.127. The van der Waals surface area contributed by atoms with Crippen LogP contribution in [0.1, 0.15) is 11.6 Å². The molecule has 4 heteroatoms. The zero-order valence-electron chi connectivity index (χ0n) is 7.35. The van der Waals surface area contributed by atoms with E-state index in [4.69, 9.17) is 5.73 Å². The highest BCUT2D eigenvalue weighted by Gasteiger charge is 2.11. The minimum atomic E-state index is -0.229. The second-order valence-electron chi connectivity index (χ2n) is 2.74. The molecule has 0 fully saturated rings. The monoisotopic (exact) mass is 246 g/mol. The second kappa shape index (κ2) is 4.69. The maximum atomic E-state index is 13.3. The maximum Gasteiger partial charge on any atom is 0.128 e. The van der Waals surface area contributed by atoms with Gasteiger partial charge in [-0.3, -0.25) is 0 Å². The molecule has 0 aliphatic carbocycles. The molecule has 0 spiro atoms. The van der Waals surface area contributed by atoms with E-state index in [2.05, 4.69) is 21.2 Å². The van der Waals surface area contributed by atoms with Crippen molar-refractivity contribution in [3.8, 4) is 0 Å². The number of nitrogens with one attached hydrogen (secondary N) is 1. The Hall–Kier alpha value is -0.450. The van der Waals surface area contributed by atoms with Crippen LogP contribution in [0.4, 0.5) is 4.39 Å². The van der Waals surface area contributed by atoms with Gasteiger partial charge in [0.05, 0.1) is 0 Å². The first-order chi connectivity index (χ1) is 6.19. The van der Waals surface area contributed by atoms with Crippen LogP contribution in [0.2, 0.25) is 0 Å². The van der Waals surface area contributed by atoms with Crippen molar-refractivity contribution in [2.45, 2.75) is 6.04 Å². The summed E-state index contributed by atoms with van der Waals surface area (Å²) in [6.45, 7) is 0.379. The van der Waals surface area contributed by atoms with E-state index in [9.17, 15) is 4.39 Å². The Bertz CT molecular complexity index is 287. The minimum Gasteiger partial charge on any atom is -0.329 e. The van der Waals surface area contributed by atoms with Crippen LogP contribution in [-0.2, 0) is 0 Å². The summed E-state index contributed by atoms with van der Waals surface area (Å²) in [6.07, 6.45) is 0. The van der Waals surface area contributed by atoms with Crippen LogP contribution in [0.3, 0.4) is 0 Å². The van der Waals surface area contributed by atoms with Crippen LogP contribution in [0, 0.1) is 5.82 Å².